The van der Waals surface area contributed by atoms with Crippen molar-refractivity contribution in [2.75, 3.05) is 14.2 Å². The van der Waals surface area contributed by atoms with Crippen molar-refractivity contribution < 1.29 is 23.8 Å². The molecule has 2 rings (SSSR count). The summed E-state index contributed by atoms with van der Waals surface area (Å²) in [5.74, 6) is 0.458. The smallest absolute Gasteiger partial charge is 0.279 e. The lowest BCUT2D eigenvalue weighted by Crippen LogP contribution is -2.47. The third-order valence-corrected chi connectivity index (χ3v) is 3.38. The van der Waals surface area contributed by atoms with E-state index >= 15 is 0 Å². The highest BCUT2D eigenvalue weighted by molar-refractivity contribution is 5.98. The molecular weight excluding hydrogens is 324 g/mol. The van der Waals surface area contributed by atoms with Gasteiger partial charge in [-0.1, -0.05) is 18.2 Å². The van der Waals surface area contributed by atoms with Crippen LogP contribution in [0.25, 0.3) is 0 Å². The van der Waals surface area contributed by atoms with Gasteiger partial charge in [-0.15, -0.1) is 0 Å². The number of carbonyl (C=O) groups excluding carboxylic acids is 2. The molecule has 0 aromatic heterocycles. The number of carbonyl (C=O) groups is 2. The van der Waals surface area contributed by atoms with Crippen molar-refractivity contribution in [3.8, 4) is 17.2 Å². The fourth-order valence-corrected chi connectivity index (χ4v) is 2.03. The number of ether oxygens (including phenoxy) is 3. The summed E-state index contributed by atoms with van der Waals surface area (Å²) in [4.78, 5) is 24.3. The second kappa shape index (κ2) is 8.58. The number of amides is 2. The monoisotopic (exact) mass is 344 g/mol. The molecule has 25 heavy (non-hydrogen) atoms. The van der Waals surface area contributed by atoms with E-state index in [1.165, 1.54) is 14.2 Å². The van der Waals surface area contributed by atoms with Crippen LogP contribution in [-0.4, -0.2) is 32.1 Å². The predicted octanol–water partition coefficient (Wildman–Crippen LogP) is 1.93. The number of rotatable bonds is 6. The summed E-state index contributed by atoms with van der Waals surface area (Å²) < 4.78 is 15.7. The van der Waals surface area contributed by atoms with Crippen LogP contribution in [0, 0.1) is 0 Å². The van der Waals surface area contributed by atoms with Crippen LogP contribution in [0.5, 0.6) is 17.2 Å². The number of hydrazine groups is 1. The van der Waals surface area contributed by atoms with E-state index in [2.05, 4.69) is 10.9 Å². The van der Waals surface area contributed by atoms with Gasteiger partial charge in [0.05, 0.1) is 19.8 Å². The molecule has 0 heterocycles. The summed E-state index contributed by atoms with van der Waals surface area (Å²) in [5, 5.41) is 0. The lowest BCUT2D eigenvalue weighted by Gasteiger charge is -2.16. The van der Waals surface area contributed by atoms with E-state index in [1.807, 2.05) is 6.07 Å². The third kappa shape index (κ3) is 4.87. The van der Waals surface area contributed by atoms with Crippen molar-refractivity contribution >= 4 is 11.8 Å². The SMILES string of the molecule is COc1ccc(C(=O)NNC(=O)C(C)Oc2ccccc2)c(OC)c1. The molecule has 1 atom stereocenters. The van der Waals surface area contributed by atoms with Crippen LogP contribution in [-0.2, 0) is 4.79 Å². The zero-order chi connectivity index (χ0) is 18.2. The van der Waals surface area contributed by atoms with Gasteiger partial charge in [0.2, 0.25) is 0 Å². The Morgan fingerprint density at radius 1 is 0.920 bits per heavy atom. The molecule has 132 valence electrons. The number of para-hydroxylation sites is 1. The Bertz CT molecular complexity index is 734. The topological polar surface area (TPSA) is 85.9 Å². The normalized spacial score (nSPS) is 11.2. The lowest BCUT2D eigenvalue weighted by molar-refractivity contribution is -0.128. The fraction of sp³-hybridized carbons (Fsp3) is 0.222. The van der Waals surface area contributed by atoms with E-state index in [0.717, 1.165) is 0 Å². The average molecular weight is 344 g/mol. The molecule has 0 radical (unpaired) electrons. The highest BCUT2D eigenvalue weighted by Gasteiger charge is 2.18. The Labute approximate surface area is 145 Å². The van der Waals surface area contributed by atoms with Crippen LogP contribution in [0.15, 0.2) is 48.5 Å². The highest BCUT2D eigenvalue weighted by atomic mass is 16.5. The van der Waals surface area contributed by atoms with Crippen LogP contribution in [0.2, 0.25) is 0 Å². The molecule has 1 unspecified atom stereocenters. The van der Waals surface area contributed by atoms with Crippen LogP contribution in [0.1, 0.15) is 17.3 Å². The van der Waals surface area contributed by atoms with Crippen LogP contribution >= 0.6 is 0 Å². The lowest BCUT2D eigenvalue weighted by atomic mass is 10.2. The summed E-state index contributed by atoms with van der Waals surface area (Å²) in [5.41, 5.74) is 4.93. The van der Waals surface area contributed by atoms with Crippen LogP contribution in [0.3, 0.4) is 0 Å². The summed E-state index contributed by atoms with van der Waals surface area (Å²) in [6.45, 7) is 1.59. The first-order valence-electron chi connectivity index (χ1n) is 7.59. The molecule has 0 fully saturated rings. The molecule has 2 N–H and O–H groups in total. The zero-order valence-corrected chi connectivity index (χ0v) is 14.2. The van der Waals surface area contributed by atoms with E-state index in [1.54, 1.807) is 49.4 Å². The second-order valence-corrected chi connectivity index (χ2v) is 5.08. The Morgan fingerprint density at radius 3 is 2.28 bits per heavy atom. The molecule has 2 aromatic rings. The molecule has 7 nitrogen and oxygen atoms in total. The first kappa shape index (κ1) is 18.1. The summed E-state index contributed by atoms with van der Waals surface area (Å²) in [6, 6.07) is 13.7. The first-order chi connectivity index (χ1) is 12.0. The number of hydrogen-bond donors (Lipinski definition) is 2. The van der Waals surface area contributed by atoms with E-state index < -0.39 is 17.9 Å². The number of methoxy groups -OCH3 is 2. The minimum absolute atomic E-state index is 0.264. The summed E-state index contributed by atoms with van der Waals surface area (Å²) in [7, 11) is 2.96. The molecule has 2 amide bonds. The molecule has 0 aliphatic heterocycles. The van der Waals surface area contributed by atoms with E-state index in [0.29, 0.717) is 17.2 Å². The minimum Gasteiger partial charge on any atom is -0.497 e. The molecule has 0 saturated carbocycles. The third-order valence-electron chi connectivity index (χ3n) is 3.38. The maximum absolute atomic E-state index is 12.2. The van der Waals surface area contributed by atoms with Crippen molar-refractivity contribution in [1.82, 2.24) is 10.9 Å². The van der Waals surface area contributed by atoms with Gasteiger partial charge >= 0.3 is 0 Å². The average Bonchev–Trinajstić information content (AvgIpc) is 2.65. The van der Waals surface area contributed by atoms with Gasteiger partial charge < -0.3 is 14.2 Å². The van der Waals surface area contributed by atoms with Gasteiger partial charge in [0.25, 0.3) is 11.8 Å². The molecule has 2 aromatic carbocycles. The quantitative estimate of drug-likeness (QED) is 0.782. The maximum Gasteiger partial charge on any atom is 0.279 e. The van der Waals surface area contributed by atoms with Gasteiger partial charge in [0.15, 0.2) is 6.10 Å². The standard InChI is InChI=1S/C18H20N2O5/c1-12(25-13-7-5-4-6-8-13)17(21)19-20-18(22)15-10-9-14(23-2)11-16(15)24-3/h4-12H,1-3H3,(H,19,21)(H,20,22). The Balaban J connectivity index is 1.94. The number of benzene rings is 2. The molecule has 0 aliphatic rings. The van der Waals surface area contributed by atoms with Crippen molar-refractivity contribution in [2.45, 2.75) is 13.0 Å². The minimum atomic E-state index is -0.777. The predicted molar refractivity (Wildman–Crippen MR) is 91.7 cm³/mol. The second-order valence-electron chi connectivity index (χ2n) is 5.08. The van der Waals surface area contributed by atoms with Gasteiger partial charge in [-0.05, 0) is 31.2 Å². The Morgan fingerprint density at radius 2 is 1.64 bits per heavy atom. The zero-order valence-electron chi connectivity index (χ0n) is 14.2. The molecule has 0 bridgehead atoms. The van der Waals surface area contributed by atoms with E-state index in [9.17, 15) is 9.59 Å². The van der Waals surface area contributed by atoms with Gasteiger partial charge in [-0.3, -0.25) is 20.4 Å². The van der Waals surface area contributed by atoms with Crippen molar-refractivity contribution in [3.05, 3.63) is 54.1 Å². The van der Waals surface area contributed by atoms with Gasteiger partial charge in [0, 0.05) is 6.07 Å². The highest BCUT2D eigenvalue weighted by Crippen LogP contribution is 2.24. The van der Waals surface area contributed by atoms with Crippen LogP contribution in [0.4, 0.5) is 0 Å². The molecule has 0 spiro atoms. The molecule has 0 aliphatic carbocycles. The van der Waals surface area contributed by atoms with Gasteiger partial charge in [-0.25, -0.2) is 0 Å². The maximum atomic E-state index is 12.2. The first-order valence-corrected chi connectivity index (χ1v) is 7.59. The Hall–Kier alpha value is -3.22. The van der Waals surface area contributed by atoms with Crippen LogP contribution < -0.4 is 25.1 Å². The van der Waals surface area contributed by atoms with Gasteiger partial charge in [-0.2, -0.15) is 0 Å². The Kier molecular flexibility index (Phi) is 6.22. The molecule has 7 heteroatoms. The molecular formula is C18H20N2O5. The number of hydrogen-bond acceptors (Lipinski definition) is 5. The van der Waals surface area contributed by atoms with Crippen molar-refractivity contribution in [3.63, 3.8) is 0 Å². The fourth-order valence-electron chi connectivity index (χ4n) is 2.03. The largest absolute Gasteiger partial charge is 0.497 e. The summed E-state index contributed by atoms with van der Waals surface area (Å²) in [6.07, 6.45) is -0.777. The number of nitrogens with one attached hydrogen (secondary N) is 2. The summed E-state index contributed by atoms with van der Waals surface area (Å²) >= 11 is 0. The van der Waals surface area contributed by atoms with E-state index in [4.69, 9.17) is 14.2 Å². The molecule has 0 saturated heterocycles. The van der Waals surface area contributed by atoms with Crippen molar-refractivity contribution in [1.29, 1.82) is 0 Å². The van der Waals surface area contributed by atoms with E-state index in [-0.39, 0.29) is 5.56 Å². The van der Waals surface area contributed by atoms with Gasteiger partial charge in [0.1, 0.15) is 17.2 Å². The van der Waals surface area contributed by atoms with Crippen molar-refractivity contribution in [2.24, 2.45) is 0 Å².